The SMILES string of the molecule is c1ccc2c(c1)-c1ccccc1C21c2ccc3ccc(-c4ccc(-c5cccc6c(-c7cccc8c7C7(c9ccccc9-c9ccccc97)c7ccc9ccccc9c7-8)c7cccc(-c8cccc9oc%10ccccc%10c89)c7cc56)c5c4oc4ccccc45)cc3c2-c2cccc(-c3c4cccc(-c5ccc6oc7ccccc7c6c5)c4cc4c(-c5ccc6oc7ccccc7c6c5)cccc34)c21. The fraction of sp³-hybridized carbons (Fsp3) is 0.0149. The molecule has 0 N–H and O–H groups in total. The Morgan fingerprint density at radius 3 is 0.957 bits per heavy atom. The first-order chi connectivity index (χ1) is 68.5. The van der Waals surface area contributed by atoms with Crippen molar-refractivity contribution < 1.29 is 17.7 Å². The van der Waals surface area contributed by atoms with E-state index in [0.29, 0.717) is 0 Å². The summed E-state index contributed by atoms with van der Waals surface area (Å²) in [6.07, 6.45) is 0. The molecule has 4 nitrogen and oxygen atoms in total. The van der Waals surface area contributed by atoms with Crippen LogP contribution in [0.15, 0.2) is 467 Å². The maximum Gasteiger partial charge on any atom is 0.143 e. The molecule has 0 unspecified atom stereocenters. The molecule has 0 saturated heterocycles. The molecule has 0 bridgehead atoms. The molecule has 138 heavy (non-hydrogen) atoms. The second kappa shape index (κ2) is 27.4. The molecular weight excluding hydrogens is 1670 g/mol. The summed E-state index contributed by atoms with van der Waals surface area (Å²) < 4.78 is 27.5. The maximum absolute atomic E-state index is 7.61. The van der Waals surface area contributed by atoms with Gasteiger partial charge in [0.1, 0.15) is 44.7 Å². The summed E-state index contributed by atoms with van der Waals surface area (Å²) in [6.45, 7) is 0. The summed E-state index contributed by atoms with van der Waals surface area (Å²) in [4.78, 5) is 0. The molecule has 32 rings (SSSR count). The highest BCUT2D eigenvalue weighted by Crippen LogP contribution is 2.69. The molecule has 634 valence electrons. The van der Waals surface area contributed by atoms with Crippen LogP contribution < -0.4 is 0 Å². The smallest absolute Gasteiger partial charge is 0.143 e. The first-order valence-electron chi connectivity index (χ1n) is 47.9. The van der Waals surface area contributed by atoms with Crippen molar-refractivity contribution in [3.63, 3.8) is 0 Å². The van der Waals surface area contributed by atoms with Crippen LogP contribution in [0.25, 0.3) is 275 Å². The standard InChI is InChI=1S/C134H74O4/c1-2-27-82-75(26-1)60-66-115-126(82)102-47-23-45-101(130(102)133(115)111-49-11-3-28-86(111)87-29-4-12-50-112(87)133)125-95-42-21-38-84(92-44-25-57-123-128(92)98-34-9-17-55-119(98)137-123)107(95)74-108-85(39-22-43-96(108)125)97-65-64-83(132-129(97)99-35-10-18-56-120(99)138-132)79-59-58-76-61-67-116-127(104(76)70-79)103-48-24-46-100(131(103)134(116)113-51-13-5-30-88(113)89-31-6-14-52-114(89)134)124-93-40-19-36-80(77-62-68-121-109(71-77)90-32-7-15-53-117(90)135-121)105(93)73-106-81(37-20-41-94(106)124)78-63-69-122-110(72-78)91-33-8-16-54-118(91)136-122/h1-74H. The van der Waals surface area contributed by atoms with Crippen LogP contribution in [-0.2, 0) is 10.8 Å². The predicted molar refractivity (Wildman–Crippen MR) is 571 cm³/mol. The number of furan rings is 4. The molecule has 28 aromatic rings. The van der Waals surface area contributed by atoms with E-state index in [1.807, 2.05) is 0 Å². The Hall–Kier alpha value is -18.0. The number of rotatable bonds is 7. The van der Waals surface area contributed by atoms with E-state index in [2.05, 4.69) is 449 Å². The molecule has 4 aromatic heterocycles. The van der Waals surface area contributed by atoms with Crippen LogP contribution in [0.1, 0.15) is 44.5 Å². The number of fused-ring (bicyclic) bond motifs is 40. The third kappa shape index (κ3) is 9.66. The molecule has 0 amide bonds. The number of hydrogen-bond donors (Lipinski definition) is 0. The second-order valence-electron chi connectivity index (χ2n) is 38.2. The van der Waals surface area contributed by atoms with Crippen molar-refractivity contribution in [2.24, 2.45) is 0 Å². The van der Waals surface area contributed by atoms with Gasteiger partial charge < -0.3 is 17.7 Å². The summed E-state index contributed by atoms with van der Waals surface area (Å²) in [5.41, 5.74) is 41.6. The molecule has 4 aliphatic carbocycles. The van der Waals surface area contributed by atoms with Crippen LogP contribution in [0.3, 0.4) is 0 Å². The molecule has 0 atom stereocenters. The van der Waals surface area contributed by atoms with E-state index in [4.69, 9.17) is 17.7 Å². The van der Waals surface area contributed by atoms with Gasteiger partial charge in [-0.2, -0.15) is 0 Å². The van der Waals surface area contributed by atoms with Crippen molar-refractivity contribution in [2.45, 2.75) is 10.8 Å². The van der Waals surface area contributed by atoms with Crippen LogP contribution in [0.5, 0.6) is 0 Å². The Morgan fingerprint density at radius 2 is 0.442 bits per heavy atom. The van der Waals surface area contributed by atoms with E-state index >= 15 is 0 Å². The monoisotopic (exact) mass is 1750 g/mol. The molecule has 0 saturated carbocycles. The lowest BCUT2D eigenvalue weighted by atomic mass is 9.68. The van der Waals surface area contributed by atoms with Crippen molar-refractivity contribution in [3.05, 3.63) is 493 Å². The molecule has 0 fully saturated rings. The van der Waals surface area contributed by atoms with Crippen molar-refractivity contribution in [3.8, 4) is 122 Å². The minimum atomic E-state index is -0.780. The van der Waals surface area contributed by atoms with Gasteiger partial charge in [-0.3, -0.25) is 0 Å². The van der Waals surface area contributed by atoms with Gasteiger partial charge in [-0.15, -0.1) is 0 Å². The Bertz CT molecular complexity index is 10100. The first kappa shape index (κ1) is 74.6. The highest BCUT2D eigenvalue weighted by Gasteiger charge is 2.56. The molecule has 0 aliphatic heterocycles. The molecule has 2 spiro atoms. The van der Waals surface area contributed by atoms with E-state index in [1.54, 1.807) is 0 Å². The first-order valence-corrected chi connectivity index (χ1v) is 47.9. The quantitative estimate of drug-likeness (QED) is 0.149. The molecular formula is C134H74O4. The van der Waals surface area contributed by atoms with Crippen molar-refractivity contribution in [1.82, 2.24) is 0 Å². The minimum absolute atomic E-state index is 0.681. The van der Waals surface area contributed by atoms with Crippen LogP contribution in [0.4, 0.5) is 0 Å². The lowest BCUT2D eigenvalue weighted by Crippen LogP contribution is -2.26. The van der Waals surface area contributed by atoms with E-state index in [0.717, 1.165) is 176 Å². The molecule has 4 aliphatic rings. The zero-order chi connectivity index (χ0) is 89.6. The fourth-order valence-corrected chi connectivity index (χ4v) is 26.5. The minimum Gasteiger partial charge on any atom is -0.456 e. The number of para-hydroxylation sites is 4. The number of hydrogen-bond acceptors (Lipinski definition) is 4. The van der Waals surface area contributed by atoms with Crippen LogP contribution >= 0.6 is 0 Å². The van der Waals surface area contributed by atoms with Crippen molar-refractivity contribution >= 4 is 152 Å². The highest BCUT2D eigenvalue weighted by molar-refractivity contribution is 6.28. The van der Waals surface area contributed by atoms with E-state index < -0.39 is 10.8 Å². The van der Waals surface area contributed by atoms with Gasteiger partial charge in [0.15, 0.2) is 0 Å². The summed E-state index contributed by atoms with van der Waals surface area (Å²) in [7, 11) is 0. The largest absolute Gasteiger partial charge is 0.456 e. The van der Waals surface area contributed by atoms with Gasteiger partial charge in [-0.25, -0.2) is 0 Å². The lowest BCUT2D eigenvalue weighted by Gasteiger charge is -2.33. The third-order valence-electron chi connectivity index (χ3n) is 31.9. The molecule has 4 heterocycles. The van der Waals surface area contributed by atoms with Gasteiger partial charge in [0.05, 0.1) is 10.8 Å². The Kier molecular flexibility index (Phi) is 14.8. The predicted octanol–water partition coefficient (Wildman–Crippen LogP) is 36.6. The number of benzene rings is 24. The van der Waals surface area contributed by atoms with Crippen molar-refractivity contribution in [2.75, 3.05) is 0 Å². The Morgan fingerprint density at radius 1 is 0.138 bits per heavy atom. The zero-order valence-electron chi connectivity index (χ0n) is 74.4. The van der Waals surface area contributed by atoms with Crippen LogP contribution in [-0.4, -0.2) is 0 Å². The Labute approximate surface area is 791 Å². The van der Waals surface area contributed by atoms with E-state index in [-0.39, 0.29) is 0 Å². The molecule has 0 radical (unpaired) electrons. The topological polar surface area (TPSA) is 52.6 Å². The molecule has 24 aromatic carbocycles. The van der Waals surface area contributed by atoms with Gasteiger partial charge in [0.25, 0.3) is 0 Å². The summed E-state index contributed by atoms with van der Waals surface area (Å²) in [5, 5.41) is 22.8. The second-order valence-corrected chi connectivity index (χ2v) is 38.2. The van der Waals surface area contributed by atoms with Crippen molar-refractivity contribution in [1.29, 1.82) is 0 Å². The summed E-state index contributed by atoms with van der Waals surface area (Å²) in [6, 6.07) is 169. The lowest BCUT2D eigenvalue weighted by molar-refractivity contribution is 0.668. The Balaban J connectivity index is 0.638. The summed E-state index contributed by atoms with van der Waals surface area (Å²) >= 11 is 0. The van der Waals surface area contributed by atoms with E-state index in [1.165, 1.54) is 144 Å². The average molecular weight is 1750 g/mol. The normalized spacial score (nSPS) is 13.5. The molecule has 4 heteroatoms. The van der Waals surface area contributed by atoms with Crippen LogP contribution in [0, 0.1) is 0 Å². The van der Waals surface area contributed by atoms with Gasteiger partial charge in [-0.1, -0.05) is 370 Å². The van der Waals surface area contributed by atoms with E-state index in [9.17, 15) is 0 Å². The average Bonchev–Trinajstić information content (AvgIpc) is 1.50. The van der Waals surface area contributed by atoms with Gasteiger partial charge in [0.2, 0.25) is 0 Å². The zero-order valence-corrected chi connectivity index (χ0v) is 74.4. The highest BCUT2D eigenvalue weighted by atomic mass is 16.3. The van der Waals surface area contributed by atoms with Gasteiger partial charge in [-0.05, 0) is 305 Å². The van der Waals surface area contributed by atoms with Gasteiger partial charge in [0, 0.05) is 48.7 Å². The third-order valence-corrected chi connectivity index (χ3v) is 31.9. The summed E-state index contributed by atoms with van der Waals surface area (Å²) in [5.74, 6) is 0. The van der Waals surface area contributed by atoms with Crippen LogP contribution in [0.2, 0.25) is 0 Å². The maximum atomic E-state index is 7.61. The van der Waals surface area contributed by atoms with Gasteiger partial charge >= 0.3 is 0 Å². The fourth-order valence-electron chi connectivity index (χ4n) is 26.5.